The van der Waals surface area contributed by atoms with Gasteiger partial charge in [0.15, 0.2) is 12.2 Å². The fourth-order valence-electron chi connectivity index (χ4n) is 5.63. The number of ether oxygens (including phenoxy) is 3. The summed E-state index contributed by atoms with van der Waals surface area (Å²) in [6.07, 6.45) is 1.58. The number of aliphatic hydroxyl groups excluding tert-OH is 1. The summed E-state index contributed by atoms with van der Waals surface area (Å²) in [5.41, 5.74) is 1.06. The molecule has 5 rings (SSSR count). The van der Waals surface area contributed by atoms with Crippen molar-refractivity contribution in [3.8, 4) is 22.8 Å². The Kier molecular flexibility index (Phi) is 5.26. The monoisotopic (exact) mass is 450 g/mol. The molecule has 174 valence electrons. The summed E-state index contributed by atoms with van der Waals surface area (Å²) in [7, 11) is 1.56. The van der Waals surface area contributed by atoms with Crippen LogP contribution in [0.4, 0.5) is 0 Å². The lowest BCUT2D eigenvalue weighted by atomic mass is 9.57. The minimum atomic E-state index is -0.507. The Morgan fingerprint density at radius 3 is 2.64 bits per heavy atom. The molecule has 1 aliphatic heterocycles. The van der Waals surface area contributed by atoms with Crippen molar-refractivity contribution in [2.75, 3.05) is 13.9 Å². The summed E-state index contributed by atoms with van der Waals surface area (Å²) in [4.78, 5) is 13.4. The highest BCUT2D eigenvalue weighted by Crippen LogP contribution is 2.55. The fraction of sp³-hybridized carbons (Fsp3) is 0.444. The topological polar surface area (TPSA) is 78.1 Å². The standard InChI is InChI=1S/C27H30O6/c1-26(2)22-12-17-20(31-15-30-4)14-21-24(25(17)33-27(22,3)11-10-23(26)29)18(28)13-19(32-21)16-8-6-5-7-9-16/h5-9,13-14,22-23,29H,10-12,15H2,1-4H3/t22-,23-,27-/m1/s1. The second kappa shape index (κ2) is 7.89. The molecule has 0 unspecified atom stereocenters. The lowest BCUT2D eigenvalue weighted by Gasteiger charge is -2.55. The molecule has 1 aromatic heterocycles. The van der Waals surface area contributed by atoms with Gasteiger partial charge in [0.05, 0.1) is 6.10 Å². The van der Waals surface area contributed by atoms with Crippen molar-refractivity contribution < 1.29 is 23.7 Å². The molecule has 0 amide bonds. The van der Waals surface area contributed by atoms with Gasteiger partial charge in [0.25, 0.3) is 0 Å². The molecular weight excluding hydrogens is 420 g/mol. The first-order chi connectivity index (χ1) is 15.7. The predicted octanol–water partition coefficient (Wildman–Crippen LogP) is 4.93. The predicted molar refractivity (Wildman–Crippen MR) is 126 cm³/mol. The third kappa shape index (κ3) is 3.52. The number of rotatable bonds is 4. The number of fused-ring (bicyclic) bond motifs is 4. The van der Waals surface area contributed by atoms with Crippen molar-refractivity contribution in [2.24, 2.45) is 11.3 Å². The van der Waals surface area contributed by atoms with Gasteiger partial charge in [-0.3, -0.25) is 4.79 Å². The van der Waals surface area contributed by atoms with E-state index in [-0.39, 0.29) is 23.6 Å². The highest BCUT2D eigenvalue weighted by molar-refractivity contribution is 5.89. The number of hydrogen-bond acceptors (Lipinski definition) is 6. The molecule has 6 heteroatoms. The van der Waals surface area contributed by atoms with Gasteiger partial charge in [0.1, 0.15) is 33.8 Å². The fourth-order valence-corrected chi connectivity index (χ4v) is 5.63. The Hall–Kier alpha value is -2.83. The normalized spacial score (nSPS) is 25.7. The van der Waals surface area contributed by atoms with Gasteiger partial charge in [-0.05, 0) is 31.6 Å². The van der Waals surface area contributed by atoms with E-state index >= 15 is 0 Å². The third-order valence-corrected chi connectivity index (χ3v) is 7.58. The summed E-state index contributed by atoms with van der Waals surface area (Å²) < 4.78 is 24.0. The van der Waals surface area contributed by atoms with Gasteiger partial charge in [-0.1, -0.05) is 44.2 Å². The summed E-state index contributed by atoms with van der Waals surface area (Å²) in [5.74, 6) is 1.65. The van der Waals surface area contributed by atoms with E-state index in [0.717, 1.165) is 11.1 Å². The van der Waals surface area contributed by atoms with Crippen LogP contribution in [-0.2, 0) is 11.2 Å². The molecule has 2 aromatic carbocycles. The number of methoxy groups -OCH3 is 1. The zero-order chi connectivity index (χ0) is 23.4. The average molecular weight is 451 g/mol. The number of aliphatic hydroxyl groups is 1. The highest BCUT2D eigenvalue weighted by atomic mass is 16.7. The van der Waals surface area contributed by atoms with E-state index < -0.39 is 11.7 Å². The van der Waals surface area contributed by atoms with Crippen LogP contribution in [0.3, 0.4) is 0 Å². The van der Waals surface area contributed by atoms with Crippen molar-refractivity contribution >= 4 is 11.0 Å². The zero-order valence-corrected chi connectivity index (χ0v) is 19.5. The molecule has 1 N–H and O–H groups in total. The molecule has 0 saturated heterocycles. The molecule has 33 heavy (non-hydrogen) atoms. The van der Waals surface area contributed by atoms with Gasteiger partial charge < -0.3 is 23.7 Å². The minimum Gasteiger partial charge on any atom is -0.486 e. The molecule has 1 fully saturated rings. The number of benzene rings is 2. The van der Waals surface area contributed by atoms with Crippen LogP contribution in [0.2, 0.25) is 0 Å². The molecule has 0 radical (unpaired) electrons. The Bertz CT molecular complexity index is 1240. The third-order valence-electron chi connectivity index (χ3n) is 7.58. The van der Waals surface area contributed by atoms with Crippen molar-refractivity contribution in [2.45, 2.75) is 51.7 Å². The summed E-state index contributed by atoms with van der Waals surface area (Å²) in [6, 6.07) is 12.8. The zero-order valence-electron chi connectivity index (χ0n) is 19.5. The molecule has 3 atom stereocenters. The van der Waals surface area contributed by atoms with Crippen LogP contribution in [0.15, 0.2) is 51.7 Å². The van der Waals surface area contributed by atoms with Crippen molar-refractivity contribution in [3.63, 3.8) is 0 Å². The smallest absolute Gasteiger partial charge is 0.197 e. The van der Waals surface area contributed by atoms with Gasteiger partial charge in [-0.15, -0.1) is 0 Å². The van der Waals surface area contributed by atoms with E-state index in [2.05, 4.69) is 20.8 Å². The maximum Gasteiger partial charge on any atom is 0.197 e. The molecule has 1 aliphatic carbocycles. The molecule has 0 spiro atoms. The van der Waals surface area contributed by atoms with E-state index in [1.54, 1.807) is 13.2 Å². The summed E-state index contributed by atoms with van der Waals surface area (Å²) >= 11 is 0. The maximum absolute atomic E-state index is 13.4. The van der Waals surface area contributed by atoms with E-state index in [1.807, 2.05) is 30.3 Å². The van der Waals surface area contributed by atoms with E-state index in [4.69, 9.17) is 18.6 Å². The van der Waals surface area contributed by atoms with Crippen LogP contribution in [0.1, 0.15) is 39.2 Å². The van der Waals surface area contributed by atoms with Gasteiger partial charge in [0.2, 0.25) is 0 Å². The quantitative estimate of drug-likeness (QED) is 0.568. The van der Waals surface area contributed by atoms with Gasteiger partial charge in [0, 0.05) is 36.3 Å². The van der Waals surface area contributed by atoms with Crippen molar-refractivity contribution in [1.29, 1.82) is 0 Å². The Morgan fingerprint density at radius 2 is 1.91 bits per heavy atom. The highest BCUT2D eigenvalue weighted by Gasteiger charge is 2.55. The van der Waals surface area contributed by atoms with E-state index in [9.17, 15) is 9.90 Å². The lowest BCUT2D eigenvalue weighted by molar-refractivity contribution is -0.137. The average Bonchev–Trinajstić information content (AvgIpc) is 2.79. The molecule has 6 nitrogen and oxygen atoms in total. The van der Waals surface area contributed by atoms with E-state index in [0.29, 0.717) is 47.5 Å². The number of hydrogen-bond donors (Lipinski definition) is 1. The van der Waals surface area contributed by atoms with Crippen LogP contribution < -0.4 is 14.9 Å². The Labute approximate surface area is 193 Å². The molecule has 2 aliphatic rings. The first-order valence-electron chi connectivity index (χ1n) is 11.4. The second-order valence-electron chi connectivity index (χ2n) is 9.99. The van der Waals surface area contributed by atoms with Gasteiger partial charge >= 0.3 is 0 Å². The van der Waals surface area contributed by atoms with Crippen LogP contribution in [0, 0.1) is 11.3 Å². The minimum absolute atomic E-state index is 0.0548. The first-order valence-corrected chi connectivity index (χ1v) is 11.4. The molecule has 3 aromatic rings. The SMILES string of the molecule is COCOc1cc2oc(-c3ccccc3)cc(=O)c2c2c1C[C@@H]1C(C)(C)[C@H](O)CC[C@@]1(C)O2. The van der Waals surface area contributed by atoms with Crippen LogP contribution in [0.25, 0.3) is 22.3 Å². The molecule has 1 saturated carbocycles. The largest absolute Gasteiger partial charge is 0.486 e. The van der Waals surface area contributed by atoms with Gasteiger partial charge in [-0.25, -0.2) is 0 Å². The summed E-state index contributed by atoms with van der Waals surface area (Å²) in [5, 5.41) is 11.2. The van der Waals surface area contributed by atoms with Crippen molar-refractivity contribution in [3.05, 3.63) is 58.3 Å². The Morgan fingerprint density at radius 1 is 1.15 bits per heavy atom. The molecule has 0 bridgehead atoms. The maximum atomic E-state index is 13.4. The van der Waals surface area contributed by atoms with E-state index in [1.165, 1.54) is 6.07 Å². The molecular formula is C27H30O6. The van der Waals surface area contributed by atoms with Crippen molar-refractivity contribution in [1.82, 2.24) is 0 Å². The van der Waals surface area contributed by atoms with Gasteiger partial charge in [-0.2, -0.15) is 0 Å². The van der Waals surface area contributed by atoms with Crippen LogP contribution >= 0.6 is 0 Å². The van der Waals surface area contributed by atoms with Crippen LogP contribution in [0.5, 0.6) is 11.5 Å². The Balaban J connectivity index is 1.72. The first kappa shape index (κ1) is 22.0. The summed E-state index contributed by atoms with van der Waals surface area (Å²) in [6.45, 7) is 6.33. The molecule has 2 heterocycles. The second-order valence-corrected chi connectivity index (χ2v) is 9.99. The lowest BCUT2D eigenvalue weighted by Crippen LogP contribution is -2.58. The van der Waals surface area contributed by atoms with Crippen LogP contribution in [-0.4, -0.2) is 30.7 Å².